The van der Waals surface area contributed by atoms with Gasteiger partial charge in [0.25, 0.3) is 0 Å². The number of aryl methyl sites for hydroxylation is 1. The van der Waals surface area contributed by atoms with Crippen LogP contribution in [0.5, 0.6) is 5.75 Å². The highest BCUT2D eigenvalue weighted by molar-refractivity contribution is 5.74. The quantitative estimate of drug-likeness (QED) is 0.502. The summed E-state index contributed by atoms with van der Waals surface area (Å²) >= 11 is 0. The summed E-state index contributed by atoms with van der Waals surface area (Å²) in [6.45, 7) is 2.33. The Kier molecular flexibility index (Phi) is 9.31. The minimum Gasteiger partial charge on any atom is -0.479 e. The van der Waals surface area contributed by atoms with E-state index in [1.165, 1.54) is 13.5 Å². The van der Waals surface area contributed by atoms with E-state index in [9.17, 15) is 4.79 Å². The number of methoxy groups -OCH3 is 1. The molecule has 0 amide bonds. The van der Waals surface area contributed by atoms with Crippen molar-refractivity contribution in [1.29, 1.82) is 0 Å². The molecule has 0 saturated heterocycles. The third kappa shape index (κ3) is 6.94. The predicted octanol–water partition coefficient (Wildman–Crippen LogP) is 3.50. The molecule has 0 aliphatic rings. The lowest BCUT2D eigenvalue weighted by atomic mass is 10.1. The van der Waals surface area contributed by atoms with Crippen LogP contribution in [0.1, 0.15) is 51.0 Å². The van der Waals surface area contributed by atoms with Crippen molar-refractivity contribution in [2.24, 2.45) is 0 Å². The van der Waals surface area contributed by atoms with Crippen LogP contribution in [-0.2, 0) is 16.0 Å². The molecule has 0 radical (unpaired) electrons. The van der Waals surface area contributed by atoms with Crippen LogP contribution in [0.25, 0.3) is 0 Å². The molecule has 0 spiro atoms. The molecule has 1 unspecified atom stereocenters. The van der Waals surface area contributed by atoms with Gasteiger partial charge in [0, 0.05) is 6.61 Å². The number of hydrogen-bond acceptors (Lipinski definition) is 4. The minimum absolute atomic E-state index is 0.174. The second-order valence-corrected chi connectivity index (χ2v) is 5.45. The van der Waals surface area contributed by atoms with E-state index >= 15 is 0 Å². The molecule has 1 atom stereocenters. The SMILES string of the molecule is CCCCCCC(Oc1cccc(CCCO)c1)C(=O)OC. The molecular formula is C18H28O4. The van der Waals surface area contributed by atoms with Gasteiger partial charge < -0.3 is 14.6 Å². The van der Waals surface area contributed by atoms with E-state index in [1.807, 2.05) is 24.3 Å². The fourth-order valence-corrected chi connectivity index (χ4v) is 2.33. The number of carbonyl (C=O) groups excluding carboxylic acids is 1. The molecule has 0 heterocycles. The number of aliphatic hydroxyl groups excluding tert-OH is 1. The lowest BCUT2D eigenvalue weighted by molar-refractivity contribution is -0.149. The van der Waals surface area contributed by atoms with Crippen LogP contribution in [0.2, 0.25) is 0 Å². The first-order chi connectivity index (χ1) is 10.7. The molecule has 1 aromatic carbocycles. The molecule has 22 heavy (non-hydrogen) atoms. The van der Waals surface area contributed by atoms with Gasteiger partial charge in [0.2, 0.25) is 0 Å². The molecule has 1 rings (SSSR count). The maximum absolute atomic E-state index is 11.9. The number of hydrogen-bond donors (Lipinski definition) is 1. The zero-order valence-electron chi connectivity index (χ0n) is 13.7. The van der Waals surface area contributed by atoms with Crippen LogP contribution in [0.15, 0.2) is 24.3 Å². The van der Waals surface area contributed by atoms with Gasteiger partial charge in [0.1, 0.15) is 5.75 Å². The Morgan fingerprint density at radius 3 is 2.73 bits per heavy atom. The van der Waals surface area contributed by atoms with Crippen molar-refractivity contribution in [2.45, 2.75) is 58.0 Å². The normalized spacial score (nSPS) is 12.0. The number of esters is 1. The monoisotopic (exact) mass is 308 g/mol. The first-order valence-electron chi connectivity index (χ1n) is 8.15. The molecule has 1 N–H and O–H groups in total. The second kappa shape index (κ2) is 11.1. The standard InChI is InChI=1S/C18H28O4/c1-3-4-5-6-12-17(18(20)21-2)22-16-11-7-9-15(14-16)10-8-13-19/h7,9,11,14,17,19H,3-6,8,10,12-13H2,1-2H3. The summed E-state index contributed by atoms with van der Waals surface area (Å²) in [6.07, 6.45) is 6.04. The van der Waals surface area contributed by atoms with Gasteiger partial charge in [-0.25, -0.2) is 4.79 Å². The summed E-state index contributed by atoms with van der Waals surface area (Å²) < 4.78 is 10.7. The van der Waals surface area contributed by atoms with Crippen LogP contribution >= 0.6 is 0 Å². The lowest BCUT2D eigenvalue weighted by Gasteiger charge is -2.17. The summed E-state index contributed by atoms with van der Waals surface area (Å²) in [5, 5.41) is 8.90. The molecule has 0 bridgehead atoms. The van der Waals surface area contributed by atoms with E-state index < -0.39 is 6.10 Å². The van der Waals surface area contributed by atoms with E-state index in [0.29, 0.717) is 12.2 Å². The Labute approximate surface area is 133 Å². The average molecular weight is 308 g/mol. The Morgan fingerprint density at radius 2 is 2.05 bits per heavy atom. The highest BCUT2D eigenvalue weighted by Gasteiger charge is 2.20. The van der Waals surface area contributed by atoms with E-state index in [1.54, 1.807) is 0 Å². The Balaban J connectivity index is 2.61. The zero-order valence-corrected chi connectivity index (χ0v) is 13.7. The smallest absolute Gasteiger partial charge is 0.347 e. The van der Waals surface area contributed by atoms with Gasteiger partial charge in [0.05, 0.1) is 7.11 Å². The van der Waals surface area contributed by atoms with E-state index in [0.717, 1.165) is 37.7 Å². The van der Waals surface area contributed by atoms with E-state index in [2.05, 4.69) is 6.92 Å². The number of rotatable bonds is 11. The highest BCUT2D eigenvalue weighted by atomic mass is 16.6. The van der Waals surface area contributed by atoms with Gasteiger partial charge in [-0.1, -0.05) is 38.3 Å². The predicted molar refractivity (Wildman–Crippen MR) is 87.0 cm³/mol. The van der Waals surface area contributed by atoms with Crippen molar-refractivity contribution in [3.8, 4) is 5.75 Å². The minimum atomic E-state index is -0.546. The lowest BCUT2D eigenvalue weighted by Crippen LogP contribution is -2.28. The first kappa shape index (κ1) is 18.5. The fourth-order valence-electron chi connectivity index (χ4n) is 2.33. The van der Waals surface area contributed by atoms with Crippen molar-refractivity contribution in [2.75, 3.05) is 13.7 Å². The van der Waals surface area contributed by atoms with E-state index in [4.69, 9.17) is 14.6 Å². The Bertz CT molecular complexity index is 431. The maximum Gasteiger partial charge on any atom is 0.347 e. The molecule has 0 saturated carbocycles. The van der Waals surface area contributed by atoms with Crippen LogP contribution in [0.4, 0.5) is 0 Å². The Morgan fingerprint density at radius 1 is 1.23 bits per heavy atom. The van der Waals surface area contributed by atoms with Crippen LogP contribution < -0.4 is 4.74 Å². The summed E-state index contributed by atoms with van der Waals surface area (Å²) in [6, 6.07) is 7.69. The molecule has 0 aromatic heterocycles. The molecule has 124 valence electrons. The maximum atomic E-state index is 11.9. The molecule has 4 heteroatoms. The van der Waals surface area contributed by atoms with Crippen molar-refractivity contribution in [1.82, 2.24) is 0 Å². The van der Waals surface area contributed by atoms with Gasteiger partial charge in [-0.05, 0) is 43.4 Å². The first-order valence-corrected chi connectivity index (χ1v) is 8.15. The Hall–Kier alpha value is -1.55. The number of benzene rings is 1. The zero-order chi connectivity index (χ0) is 16.2. The number of aliphatic hydroxyl groups is 1. The molecule has 0 fully saturated rings. The number of ether oxygens (including phenoxy) is 2. The topological polar surface area (TPSA) is 55.8 Å². The molecule has 0 aliphatic heterocycles. The summed E-state index contributed by atoms with van der Waals surface area (Å²) in [5.41, 5.74) is 1.10. The van der Waals surface area contributed by atoms with Gasteiger partial charge in [0.15, 0.2) is 6.10 Å². The number of carbonyl (C=O) groups is 1. The summed E-state index contributed by atoms with van der Waals surface area (Å²) in [7, 11) is 1.39. The largest absolute Gasteiger partial charge is 0.479 e. The van der Waals surface area contributed by atoms with Crippen molar-refractivity contribution in [3.05, 3.63) is 29.8 Å². The van der Waals surface area contributed by atoms with Crippen molar-refractivity contribution in [3.63, 3.8) is 0 Å². The number of unbranched alkanes of at least 4 members (excludes halogenated alkanes) is 3. The van der Waals surface area contributed by atoms with Gasteiger partial charge >= 0.3 is 5.97 Å². The van der Waals surface area contributed by atoms with Gasteiger partial charge in [-0.3, -0.25) is 0 Å². The van der Waals surface area contributed by atoms with Crippen molar-refractivity contribution >= 4 is 5.97 Å². The highest BCUT2D eigenvalue weighted by Crippen LogP contribution is 2.19. The average Bonchev–Trinajstić information content (AvgIpc) is 2.55. The molecule has 4 nitrogen and oxygen atoms in total. The van der Waals surface area contributed by atoms with Crippen LogP contribution in [0.3, 0.4) is 0 Å². The van der Waals surface area contributed by atoms with Crippen molar-refractivity contribution < 1.29 is 19.4 Å². The second-order valence-electron chi connectivity index (χ2n) is 5.45. The van der Waals surface area contributed by atoms with E-state index in [-0.39, 0.29) is 12.6 Å². The third-order valence-corrected chi connectivity index (χ3v) is 3.58. The van der Waals surface area contributed by atoms with Gasteiger partial charge in [-0.2, -0.15) is 0 Å². The molecule has 1 aromatic rings. The van der Waals surface area contributed by atoms with Gasteiger partial charge in [-0.15, -0.1) is 0 Å². The third-order valence-electron chi connectivity index (χ3n) is 3.58. The summed E-state index contributed by atoms with van der Waals surface area (Å²) in [5.74, 6) is 0.360. The molecular weight excluding hydrogens is 280 g/mol. The fraction of sp³-hybridized carbons (Fsp3) is 0.611. The molecule has 0 aliphatic carbocycles. The van der Waals surface area contributed by atoms with Crippen LogP contribution in [0, 0.1) is 0 Å². The van der Waals surface area contributed by atoms with Crippen LogP contribution in [-0.4, -0.2) is 30.9 Å². The summed E-state index contributed by atoms with van der Waals surface area (Å²) in [4.78, 5) is 11.9.